The number of pyridine rings is 1. The van der Waals surface area contributed by atoms with Gasteiger partial charge in [-0.25, -0.2) is 9.20 Å². The van der Waals surface area contributed by atoms with Crippen LogP contribution >= 0.6 is 0 Å². The van der Waals surface area contributed by atoms with Crippen molar-refractivity contribution >= 4 is 5.52 Å². The Morgan fingerprint density at radius 3 is 2.17 bits per heavy atom. The summed E-state index contributed by atoms with van der Waals surface area (Å²) in [5.41, 5.74) is 4.14. The lowest BCUT2D eigenvalue weighted by molar-refractivity contribution is 0.502. The molecule has 1 aromatic carbocycles. The Kier molecular flexibility index (Phi) is 9.44. The molecule has 0 aliphatic carbocycles. The topological polar surface area (TPSA) is 76.0 Å². The lowest BCUT2D eigenvalue weighted by Gasteiger charge is -2.08. The van der Waals surface area contributed by atoms with Gasteiger partial charge in [0.05, 0.1) is 17.1 Å². The van der Waals surface area contributed by atoms with Gasteiger partial charge < -0.3 is 0 Å². The van der Waals surface area contributed by atoms with Crippen LogP contribution in [0.4, 0.5) is 0 Å². The Bertz CT molecular complexity index is 1330. The molecule has 0 fully saturated rings. The summed E-state index contributed by atoms with van der Waals surface area (Å²) < 4.78 is 3.45. The van der Waals surface area contributed by atoms with Gasteiger partial charge in [-0.15, -0.1) is 0 Å². The van der Waals surface area contributed by atoms with Crippen LogP contribution < -0.4 is 5.56 Å². The number of aryl methyl sites for hydroxylation is 1. The molecule has 0 N–H and O–H groups in total. The normalized spacial score (nSPS) is 11.1. The van der Waals surface area contributed by atoms with Crippen molar-refractivity contribution in [3.63, 3.8) is 0 Å². The zero-order chi connectivity index (χ0) is 25.0. The second kappa shape index (κ2) is 13.4. The van der Waals surface area contributed by atoms with Crippen molar-refractivity contribution in [1.29, 1.82) is 5.26 Å². The minimum absolute atomic E-state index is 0.0650. The molecule has 3 aromatic heterocycles. The van der Waals surface area contributed by atoms with Gasteiger partial charge in [0.2, 0.25) is 0 Å². The van der Waals surface area contributed by atoms with E-state index in [2.05, 4.69) is 11.2 Å². The summed E-state index contributed by atoms with van der Waals surface area (Å²) in [6.45, 7) is 0.630. The van der Waals surface area contributed by atoms with Crippen molar-refractivity contribution in [3.8, 4) is 28.5 Å². The molecule has 4 aromatic rings. The Labute approximate surface area is 213 Å². The van der Waals surface area contributed by atoms with Crippen LogP contribution in [0.25, 0.3) is 27.9 Å². The maximum absolute atomic E-state index is 13.5. The molecule has 0 amide bonds. The molecular formula is C30H35N5O. The molecule has 4 rings (SSSR count). The largest absolute Gasteiger partial charge is 0.274 e. The van der Waals surface area contributed by atoms with E-state index in [0.29, 0.717) is 18.5 Å². The van der Waals surface area contributed by atoms with E-state index < -0.39 is 0 Å². The number of aromatic nitrogens is 4. The summed E-state index contributed by atoms with van der Waals surface area (Å²) in [6.07, 6.45) is 16.1. The maximum Gasteiger partial charge on any atom is 0.274 e. The fraction of sp³-hybridized carbons (Fsp3) is 0.400. The van der Waals surface area contributed by atoms with E-state index in [-0.39, 0.29) is 5.56 Å². The van der Waals surface area contributed by atoms with Crippen molar-refractivity contribution in [2.24, 2.45) is 0 Å². The number of benzene rings is 1. The number of hydrogen-bond acceptors (Lipinski definition) is 4. The van der Waals surface area contributed by atoms with E-state index in [1.54, 1.807) is 10.9 Å². The molecule has 0 bridgehead atoms. The molecule has 0 unspecified atom stereocenters. The van der Waals surface area contributed by atoms with E-state index >= 15 is 0 Å². The summed E-state index contributed by atoms with van der Waals surface area (Å²) in [6, 6.07) is 20.0. The third-order valence-corrected chi connectivity index (χ3v) is 6.68. The average molecular weight is 482 g/mol. The molecule has 0 radical (unpaired) electrons. The van der Waals surface area contributed by atoms with Gasteiger partial charge in [-0.05, 0) is 31.0 Å². The van der Waals surface area contributed by atoms with Crippen molar-refractivity contribution < 1.29 is 0 Å². The highest BCUT2D eigenvalue weighted by molar-refractivity contribution is 5.91. The van der Waals surface area contributed by atoms with Gasteiger partial charge in [-0.2, -0.15) is 15.5 Å². The van der Waals surface area contributed by atoms with E-state index in [4.69, 9.17) is 10.4 Å². The van der Waals surface area contributed by atoms with Crippen LogP contribution in [0.1, 0.15) is 70.6 Å². The molecule has 36 heavy (non-hydrogen) atoms. The first-order chi connectivity index (χ1) is 17.8. The Morgan fingerprint density at radius 1 is 0.778 bits per heavy atom. The Balaban J connectivity index is 1.36. The Morgan fingerprint density at radius 2 is 1.44 bits per heavy atom. The molecule has 186 valence electrons. The second-order valence-corrected chi connectivity index (χ2v) is 9.34. The standard InChI is InChI=1S/C30H35N5O/c31-21-14-8-6-4-2-1-3-5-7-9-15-24-35-30(36)26(20-22-32-35)28-27-19-13-16-23-34(27)33-29(28)25-17-11-10-12-18-25/h10-13,16-20,22-23H,1-9,14-15,24H2. The highest BCUT2D eigenvalue weighted by atomic mass is 16.1. The molecule has 6 nitrogen and oxygen atoms in total. The predicted octanol–water partition coefficient (Wildman–Crippen LogP) is 7.04. The summed E-state index contributed by atoms with van der Waals surface area (Å²) in [5, 5.41) is 17.7. The minimum atomic E-state index is -0.0650. The molecule has 3 heterocycles. The number of rotatable bonds is 14. The molecule has 0 saturated heterocycles. The summed E-state index contributed by atoms with van der Waals surface area (Å²) in [5.74, 6) is 0. The third kappa shape index (κ3) is 6.48. The number of hydrogen-bond donors (Lipinski definition) is 0. The smallest absolute Gasteiger partial charge is 0.267 e. The van der Waals surface area contributed by atoms with E-state index in [1.165, 1.54) is 44.9 Å². The van der Waals surface area contributed by atoms with Gasteiger partial charge in [-0.1, -0.05) is 87.8 Å². The van der Waals surface area contributed by atoms with E-state index in [9.17, 15) is 4.79 Å². The fourth-order valence-corrected chi connectivity index (χ4v) is 4.74. The monoisotopic (exact) mass is 481 g/mol. The Hall–Kier alpha value is -3.72. The summed E-state index contributed by atoms with van der Waals surface area (Å²) in [4.78, 5) is 13.5. The van der Waals surface area contributed by atoms with Gasteiger partial charge in [0.15, 0.2) is 0 Å². The lowest BCUT2D eigenvalue weighted by Crippen LogP contribution is -2.24. The van der Waals surface area contributed by atoms with Gasteiger partial charge in [-0.3, -0.25) is 4.79 Å². The van der Waals surface area contributed by atoms with Crippen molar-refractivity contribution in [2.75, 3.05) is 0 Å². The summed E-state index contributed by atoms with van der Waals surface area (Å²) in [7, 11) is 0. The van der Waals surface area contributed by atoms with Gasteiger partial charge in [0, 0.05) is 36.5 Å². The van der Waals surface area contributed by atoms with Crippen LogP contribution in [0.15, 0.2) is 71.8 Å². The zero-order valence-electron chi connectivity index (χ0n) is 21.0. The molecule has 0 aliphatic heterocycles. The third-order valence-electron chi connectivity index (χ3n) is 6.68. The summed E-state index contributed by atoms with van der Waals surface area (Å²) >= 11 is 0. The first-order valence-corrected chi connectivity index (χ1v) is 13.3. The number of unbranched alkanes of at least 4 members (excludes halogenated alkanes) is 10. The van der Waals surface area contributed by atoms with Crippen molar-refractivity contribution in [2.45, 2.75) is 77.2 Å². The van der Waals surface area contributed by atoms with Crippen LogP contribution in [0.3, 0.4) is 0 Å². The first-order valence-electron chi connectivity index (χ1n) is 13.3. The van der Waals surface area contributed by atoms with Crippen LogP contribution in [-0.4, -0.2) is 19.4 Å². The predicted molar refractivity (Wildman–Crippen MR) is 145 cm³/mol. The first kappa shape index (κ1) is 25.4. The number of nitriles is 1. The molecule has 0 saturated carbocycles. The number of fused-ring (bicyclic) bond motifs is 1. The second-order valence-electron chi connectivity index (χ2n) is 9.34. The van der Waals surface area contributed by atoms with Crippen molar-refractivity contribution in [1.82, 2.24) is 19.4 Å². The van der Waals surface area contributed by atoms with Crippen LogP contribution in [0, 0.1) is 11.3 Å². The average Bonchev–Trinajstić information content (AvgIpc) is 3.30. The van der Waals surface area contributed by atoms with Crippen LogP contribution in [0.5, 0.6) is 0 Å². The minimum Gasteiger partial charge on any atom is -0.267 e. The molecule has 0 aliphatic rings. The molecule has 0 spiro atoms. The quantitative estimate of drug-likeness (QED) is 0.181. The fourth-order valence-electron chi connectivity index (χ4n) is 4.74. The molecule has 6 heteroatoms. The van der Waals surface area contributed by atoms with Crippen LogP contribution in [0.2, 0.25) is 0 Å². The van der Waals surface area contributed by atoms with Crippen molar-refractivity contribution in [3.05, 3.63) is 77.3 Å². The van der Waals surface area contributed by atoms with Gasteiger partial charge in [0.25, 0.3) is 5.56 Å². The van der Waals surface area contributed by atoms with Gasteiger partial charge in [0.1, 0.15) is 5.69 Å². The maximum atomic E-state index is 13.5. The zero-order valence-corrected chi connectivity index (χ0v) is 21.0. The lowest BCUT2D eigenvalue weighted by atomic mass is 10.0. The van der Waals surface area contributed by atoms with Crippen LogP contribution in [-0.2, 0) is 6.54 Å². The highest BCUT2D eigenvalue weighted by Crippen LogP contribution is 2.33. The highest BCUT2D eigenvalue weighted by Gasteiger charge is 2.19. The van der Waals surface area contributed by atoms with Gasteiger partial charge >= 0.3 is 0 Å². The SMILES string of the molecule is N#CCCCCCCCCCCCCn1nccc(-c2c(-c3ccccc3)nn3ccccc23)c1=O. The van der Waals surface area contributed by atoms with E-state index in [0.717, 1.165) is 41.6 Å². The molecule has 0 atom stereocenters. The molecular weight excluding hydrogens is 446 g/mol. The van der Waals surface area contributed by atoms with E-state index in [1.807, 2.05) is 65.3 Å². The number of nitrogens with zero attached hydrogens (tertiary/aromatic N) is 5.